The highest BCUT2D eigenvalue weighted by Gasteiger charge is 2.10. The Morgan fingerprint density at radius 1 is 1.17 bits per heavy atom. The highest BCUT2D eigenvalue weighted by molar-refractivity contribution is 5.92. The van der Waals surface area contributed by atoms with Crippen LogP contribution >= 0.6 is 0 Å². The number of nitro benzene ring substituents is 1. The van der Waals surface area contributed by atoms with Crippen molar-refractivity contribution < 1.29 is 9.72 Å². The number of carbonyl (C=O) groups is 1. The van der Waals surface area contributed by atoms with E-state index in [1.165, 1.54) is 35.4 Å². The molecule has 23 heavy (non-hydrogen) atoms. The summed E-state index contributed by atoms with van der Waals surface area (Å²) in [5, 5.41) is 13.3. The van der Waals surface area contributed by atoms with Crippen molar-refractivity contribution >= 4 is 17.3 Å². The minimum atomic E-state index is -0.471. The molecule has 0 aromatic heterocycles. The zero-order chi connectivity index (χ0) is 16.8. The van der Waals surface area contributed by atoms with Crippen molar-refractivity contribution in [2.45, 2.75) is 13.5 Å². The molecule has 120 valence electrons. The number of rotatable bonds is 6. The van der Waals surface area contributed by atoms with Gasteiger partial charge in [0.1, 0.15) is 0 Å². The molecular formula is C17H19N3O3. The second-order valence-corrected chi connectivity index (χ2v) is 5.45. The maximum Gasteiger partial charge on any atom is 0.269 e. The first kappa shape index (κ1) is 16.6. The molecule has 0 aliphatic rings. The molecule has 1 amide bonds. The normalized spacial score (nSPS) is 10.6. The predicted octanol–water partition coefficient (Wildman–Crippen LogP) is 2.97. The monoisotopic (exact) mass is 313 g/mol. The minimum absolute atomic E-state index is 0.000306. The second kappa shape index (κ2) is 7.51. The van der Waals surface area contributed by atoms with E-state index in [1.807, 2.05) is 43.1 Å². The summed E-state index contributed by atoms with van der Waals surface area (Å²) in [5.74, 6) is -0.157. The van der Waals surface area contributed by atoms with E-state index in [-0.39, 0.29) is 18.1 Å². The van der Waals surface area contributed by atoms with E-state index in [9.17, 15) is 14.9 Å². The van der Waals surface area contributed by atoms with Crippen molar-refractivity contribution in [2.75, 3.05) is 18.9 Å². The molecule has 0 saturated carbocycles. The summed E-state index contributed by atoms with van der Waals surface area (Å²) in [4.78, 5) is 24.1. The largest absolute Gasteiger partial charge is 0.325 e. The summed E-state index contributed by atoms with van der Waals surface area (Å²) in [6.07, 6.45) is 0. The van der Waals surface area contributed by atoms with Crippen LogP contribution in [0.3, 0.4) is 0 Å². The molecule has 0 heterocycles. The predicted molar refractivity (Wildman–Crippen MR) is 89.2 cm³/mol. The van der Waals surface area contributed by atoms with Gasteiger partial charge in [0.2, 0.25) is 5.91 Å². The summed E-state index contributed by atoms with van der Waals surface area (Å²) in [6, 6.07) is 13.8. The molecule has 0 atom stereocenters. The van der Waals surface area contributed by atoms with Gasteiger partial charge in [-0.3, -0.25) is 19.8 Å². The van der Waals surface area contributed by atoms with Gasteiger partial charge in [-0.15, -0.1) is 0 Å². The second-order valence-electron chi connectivity index (χ2n) is 5.45. The van der Waals surface area contributed by atoms with Gasteiger partial charge in [-0.1, -0.05) is 24.3 Å². The first-order valence-corrected chi connectivity index (χ1v) is 7.23. The number of likely N-dealkylation sites (N-methyl/N-ethyl adjacent to an activating group) is 1. The molecule has 2 aromatic carbocycles. The Labute approximate surface area is 134 Å². The van der Waals surface area contributed by atoms with Crippen LogP contribution in [0.5, 0.6) is 0 Å². The van der Waals surface area contributed by atoms with E-state index >= 15 is 0 Å². The van der Waals surface area contributed by atoms with Crippen molar-refractivity contribution in [3.05, 3.63) is 69.8 Å². The lowest BCUT2D eigenvalue weighted by molar-refractivity contribution is -0.384. The van der Waals surface area contributed by atoms with Crippen molar-refractivity contribution in [3.8, 4) is 0 Å². The molecule has 6 nitrogen and oxygen atoms in total. The third-order valence-corrected chi connectivity index (χ3v) is 3.48. The van der Waals surface area contributed by atoms with Crippen molar-refractivity contribution in [3.63, 3.8) is 0 Å². The number of nitrogens with zero attached hydrogens (tertiary/aromatic N) is 2. The van der Waals surface area contributed by atoms with Crippen LogP contribution in [0.4, 0.5) is 11.4 Å². The minimum Gasteiger partial charge on any atom is -0.325 e. The third-order valence-electron chi connectivity index (χ3n) is 3.48. The van der Waals surface area contributed by atoms with Crippen LogP contribution in [0.1, 0.15) is 11.1 Å². The number of carbonyl (C=O) groups excluding carboxylic acids is 1. The lowest BCUT2D eigenvalue weighted by Crippen LogP contribution is -2.30. The lowest BCUT2D eigenvalue weighted by Gasteiger charge is -2.17. The van der Waals surface area contributed by atoms with Crippen LogP contribution in [0.15, 0.2) is 48.5 Å². The first-order chi connectivity index (χ1) is 11.0. The number of non-ortho nitro benzene ring substituents is 1. The van der Waals surface area contributed by atoms with Crippen LogP contribution in [0.25, 0.3) is 0 Å². The Morgan fingerprint density at radius 3 is 2.43 bits per heavy atom. The number of benzene rings is 2. The summed E-state index contributed by atoms with van der Waals surface area (Å²) in [6.45, 7) is 2.96. The van der Waals surface area contributed by atoms with Crippen LogP contribution in [0, 0.1) is 17.0 Å². The van der Waals surface area contributed by atoms with E-state index in [1.54, 1.807) is 0 Å². The maximum absolute atomic E-state index is 12.0. The SMILES string of the molecule is Cc1ccccc1CN(C)CC(=O)Nc1ccc([N+](=O)[O-])cc1. The van der Waals surface area contributed by atoms with Crippen LogP contribution in [-0.2, 0) is 11.3 Å². The van der Waals surface area contributed by atoms with Crippen molar-refractivity contribution in [1.82, 2.24) is 4.90 Å². The van der Waals surface area contributed by atoms with Gasteiger partial charge >= 0.3 is 0 Å². The number of nitro groups is 1. The molecule has 0 fully saturated rings. The Kier molecular flexibility index (Phi) is 5.43. The fraction of sp³-hybridized carbons (Fsp3) is 0.235. The van der Waals surface area contributed by atoms with Gasteiger partial charge in [-0.25, -0.2) is 0 Å². The number of hydrogen-bond donors (Lipinski definition) is 1. The molecule has 2 aromatic rings. The van der Waals surface area contributed by atoms with Crippen LogP contribution in [0.2, 0.25) is 0 Å². The van der Waals surface area contributed by atoms with Crippen LogP contribution < -0.4 is 5.32 Å². The fourth-order valence-electron chi connectivity index (χ4n) is 2.25. The average Bonchev–Trinajstić information content (AvgIpc) is 2.50. The summed E-state index contributed by atoms with van der Waals surface area (Å²) < 4.78 is 0. The van der Waals surface area contributed by atoms with Gasteiger partial charge in [-0.05, 0) is 37.2 Å². The smallest absolute Gasteiger partial charge is 0.269 e. The van der Waals surface area contributed by atoms with E-state index < -0.39 is 4.92 Å². The van der Waals surface area contributed by atoms with E-state index in [2.05, 4.69) is 5.32 Å². The van der Waals surface area contributed by atoms with Gasteiger partial charge in [0.15, 0.2) is 0 Å². The standard InChI is InChI=1S/C17H19N3O3/c1-13-5-3-4-6-14(13)11-19(2)12-17(21)18-15-7-9-16(10-8-15)20(22)23/h3-10H,11-12H2,1-2H3,(H,18,21). The molecule has 0 radical (unpaired) electrons. The number of nitrogens with one attached hydrogen (secondary N) is 1. The highest BCUT2D eigenvalue weighted by atomic mass is 16.6. The average molecular weight is 313 g/mol. The fourth-order valence-corrected chi connectivity index (χ4v) is 2.25. The molecule has 0 saturated heterocycles. The zero-order valence-electron chi connectivity index (χ0n) is 13.2. The Hall–Kier alpha value is -2.73. The Morgan fingerprint density at radius 2 is 1.83 bits per heavy atom. The van der Waals surface area contributed by atoms with E-state index in [0.29, 0.717) is 12.2 Å². The first-order valence-electron chi connectivity index (χ1n) is 7.23. The van der Waals surface area contributed by atoms with E-state index in [4.69, 9.17) is 0 Å². The Bertz CT molecular complexity index is 698. The van der Waals surface area contributed by atoms with Gasteiger partial charge < -0.3 is 5.32 Å². The highest BCUT2D eigenvalue weighted by Crippen LogP contribution is 2.15. The topological polar surface area (TPSA) is 75.5 Å². The molecule has 2 rings (SSSR count). The maximum atomic E-state index is 12.0. The Balaban J connectivity index is 1.89. The quantitative estimate of drug-likeness (QED) is 0.657. The summed E-state index contributed by atoms with van der Waals surface area (Å²) in [7, 11) is 1.88. The van der Waals surface area contributed by atoms with E-state index in [0.717, 1.165) is 0 Å². The number of amides is 1. The molecular weight excluding hydrogens is 294 g/mol. The molecule has 0 aliphatic heterocycles. The summed E-state index contributed by atoms with van der Waals surface area (Å²) >= 11 is 0. The molecule has 0 bridgehead atoms. The lowest BCUT2D eigenvalue weighted by atomic mass is 10.1. The zero-order valence-corrected chi connectivity index (χ0v) is 13.2. The van der Waals surface area contributed by atoms with Gasteiger partial charge in [0.25, 0.3) is 5.69 Å². The van der Waals surface area contributed by atoms with Crippen molar-refractivity contribution in [2.24, 2.45) is 0 Å². The molecule has 0 unspecified atom stereocenters. The number of hydrogen-bond acceptors (Lipinski definition) is 4. The molecule has 1 N–H and O–H groups in total. The van der Waals surface area contributed by atoms with Crippen LogP contribution in [-0.4, -0.2) is 29.3 Å². The van der Waals surface area contributed by atoms with Gasteiger partial charge in [0.05, 0.1) is 11.5 Å². The molecule has 0 spiro atoms. The van der Waals surface area contributed by atoms with Gasteiger partial charge in [-0.2, -0.15) is 0 Å². The number of aryl methyl sites for hydroxylation is 1. The molecule has 0 aliphatic carbocycles. The number of anilines is 1. The molecule has 6 heteroatoms. The van der Waals surface area contributed by atoms with Gasteiger partial charge in [0, 0.05) is 24.4 Å². The third kappa shape index (κ3) is 4.89. The van der Waals surface area contributed by atoms with Crippen molar-refractivity contribution in [1.29, 1.82) is 0 Å². The summed E-state index contributed by atoms with van der Waals surface area (Å²) in [5.41, 5.74) is 2.91.